The molecule has 0 fully saturated rings. The maximum Gasteiger partial charge on any atom is 0.187 e. The second-order valence-corrected chi connectivity index (χ2v) is 4.00. The Kier molecular flexibility index (Phi) is 4.72. The van der Waals surface area contributed by atoms with E-state index < -0.39 is 0 Å². The standard InChI is InChI=1S/C11H15N3OS/c1-8(2)13-11(16)14-12-7-9-4-3-5-10(15)6-9/h3-8,15H,1-2H3,(H2,13,14,16)/b12-7-. The first-order valence-corrected chi connectivity index (χ1v) is 5.37. The summed E-state index contributed by atoms with van der Waals surface area (Å²) >= 11 is 4.99. The first kappa shape index (κ1) is 12.4. The lowest BCUT2D eigenvalue weighted by molar-refractivity contribution is 0.475. The normalized spacial score (nSPS) is 10.7. The number of rotatable bonds is 3. The van der Waals surface area contributed by atoms with Gasteiger partial charge in [0.2, 0.25) is 0 Å². The molecule has 0 heterocycles. The van der Waals surface area contributed by atoms with Crippen LogP contribution in [0.3, 0.4) is 0 Å². The number of benzene rings is 1. The van der Waals surface area contributed by atoms with Gasteiger partial charge in [0.1, 0.15) is 5.75 Å². The van der Waals surface area contributed by atoms with Gasteiger partial charge in [0.25, 0.3) is 0 Å². The third-order valence-electron chi connectivity index (χ3n) is 1.67. The number of phenolic OH excluding ortho intramolecular Hbond substituents is 1. The fourth-order valence-electron chi connectivity index (χ4n) is 1.07. The number of aromatic hydroxyl groups is 1. The molecule has 1 aromatic carbocycles. The summed E-state index contributed by atoms with van der Waals surface area (Å²) in [6, 6.07) is 7.08. The van der Waals surface area contributed by atoms with Crippen LogP contribution in [0, 0.1) is 0 Å². The van der Waals surface area contributed by atoms with Gasteiger partial charge in [0.15, 0.2) is 5.11 Å². The van der Waals surface area contributed by atoms with E-state index in [0.717, 1.165) is 5.56 Å². The lowest BCUT2D eigenvalue weighted by Crippen LogP contribution is -2.36. The Morgan fingerprint density at radius 2 is 2.25 bits per heavy atom. The van der Waals surface area contributed by atoms with Crippen molar-refractivity contribution in [2.45, 2.75) is 19.9 Å². The van der Waals surface area contributed by atoms with Gasteiger partial charge in [-0.2, -0.15) is 5.10 Å². The van der Waals surface area contributed by atoms with Crippen molar-refractivity contribution >= 4 is 23.5 Å². The Bertz CT molecular complexity index is 391. The minimum absolute atomic E-state index is 0.215. The number of thiocarbonyl (C=S) groups is 1. The zero-order chi connectivity index (χ0) is 12.0. The van der Waals surface area contributed by atoms with E-state index in [9.17, 15) is 5.11 Å². The monoisotopic (exact) mass is 237 g/mol. The van der Waals surface area contributed by atoms with Crippen molar-refractivity contribution in [1.82, 2.24) is 10.7 Å². The number of hydrogen-bond acceptors (Lipinski definition) is 3. The van der Waals surface area contributed by atoms with Crippen LogP contribution in [0.2, 0.25) is 0 Å². The summed E-state index contributed by atoms with van der Waals surface area (Å²) in [5.41, 5.74) is 3.50. The summed E-state index contributed by atoms with van der Waals surface area (Å²) < 4.78 is 0. The summed E-state index contributed by atoms with van der Waals surface area (Å²) in [5.74, 6) is 0.215. The molecule has 1 aromatic rings. The lowest BCUT2D eigenvalue weighted by atomic mass is 10.2. The van der Waals surface area contributed by atoms with Gasteiger partial charge in [-0.1, -0.05) is 12.1 Å². The van der Waals surface area contributed by atoms with Crippen molar-refractivity contribution in [3.8, 4) is 5.75 Å². The van der Waals surface area contributed by atoms with Crippen LogP contribution in [0.5, 0.6) is 5.75 Å². The van der Waals surface area contributed by atoms with E-state index in [-0.39, 0.29) is 11.8 Å². The van der Waals surface area contributed by atoms with Gasteiger partial charge >= 0.3 is 0 Å². The minimum Gasteiger partial charge on any atom is -0.508 e. The highest BCUT2D eigenvalue weighted by molar-refractivity contribution is 7.80. The Balaban J connectivity index is 2.46. The van der Waals surface area contributed by atoms with E-state index in [0.29, 0.717) is 5.11 Å². The highest BCUT2D eigenvalue weighted by Crippen LogP contribution is 2.08. The van der Waals surface area contributed by atoms with Crippen LogP contribution in [0.1, 0.15) is 19.4 Å². The maximum absolute atomic E-state index is 9.22. The first-order valence-electron chi connectivity index (χ1n) is 4.96. The van der Waals surface area contributed by atoms with E-state index in [2.05, 4.69) is 15.8 Å². The number of hydrogen-bond donors (Lipinski definition) is 3. The summed E-state index contributed by atoms with van der Waals surface area (Å²) in [5, 5.41) is 16.6. The molecule has 0 radical (unpaired) electrons. The van der Waals surface area contributed by atoms with E-state index in [1.54, 1.807) is 24.4 Å². The third kappa shape index (κ3) is 4.75. The van der Waals surface area contributed by atoms with Crippen LogP contribution in [0.25, 0.3) is 0 Å². The molecule has 86 valence electrons. The smallest absolute Gasteiger partial charge is 0.187 e. The van der Waals surface area contributed by atoms with Crippen molar-refractivity contribution in [2.24, 2.45) is 5.10 Å². The summed E-state index contributed by atoms with van der Waals surface area (Å²) in [6.07, 6.45) is 1.59. The fraction of sp³-hybridized carbons (Fsp3) is 0.273. The molecule has 0 saturated heterocycles. The van der Waals surface area contributed by atoms with Gasteiger partial charge in [-0.3, -0.25) is 5.43 Å². The first-order chi connectivity index (χ1) is 7.58. The molecule has 4 nitrogen and oxygen atoms in total. The van der Waals surface area contributed by atoms with Gasteiger partial charge in [0.05, 0.1) is 6.21 Å². The molecular formula is C11H15N3OS. The highest BCUT2D eigenvalue weighted by Gasteiger charge is 1.95. The molecule has 0 atom stereocenters. The molecule has 16 heavy (non-hydrogen) atoms. The maximum atomic E-state index is 9.22. The predicted octanol–water partition coefficient (Wildman–Crippen LogP) is 1.60. The molecule has 0 bridgehead atoms. The van der Waals surface area contributed by atoms with Crippen LogP contribution >= 0.6 is 12.2 Å². The predicted molar refractivity (Wildman–Crippen MR) is 69.7 cm³/mol. The molecule has 3 N–H and O–H groups in total. The Hall–Kier alpha value is -1.62. The molecule has 0 aliphatic rings. The zero-order valence-electron chi connectivity index (χ0n) is 9.27. The lowest BCUT2D eigenvalue weighted by Gasteiger charge is -2.09. The third-order valence-corrected chi connectivity index (χ3v) is 1.88. The molecule has 0 aromatic heterocycles. The molecule has 0 amide bonds. The average Bonchev–Trinajstić information content (AvgIpc) is 2.16. The second-order valence-electron chi connectivity index (χ2n) is 3.59. The van der Waals surface area contributed by atoms with Gasteiger partial charge in [-0.25, -0.2) is 0 Å². The van der Waals surface area contributed by atoms with E-state index in [4.69, 9.17) is 12.2 Å². The summed E-state index contributed by atoms with van der Waals surface area (Å²) in [7, 11) is 0. The van der Waals surface area contributed by atoms with Crippen molar-refractivity contribution < 1.29 is 5.11 Å². The number of nitrogens with one attached hydrogen (secondary N) is 2. The van der Waals surface area contributed by atoms with Crippen LogP contribution in [0.15, 0.2) is 29.4 Å². The van der Waals surface area contributed by atoms with Crippen LogP contribution in [-0.2, 0) is 0 Å². The van der Waals surface area contributed by atoms with E-state index in [1.807, 2.05) is 19.9 Å². The Morgan fingerprint density at radius 1 is 1.50 bits per heavy atom. The Labute approximate surface area is 100 Å². The van der Waals surface area contributed by atoms with E-state index >= 15 is 0 Å². The van der Waals surface area contributed by atoms with Crippen LogP contribution in [-0.4, -0.2) is 22.5 Å². The highest BCUT2D eigenvalue weighted by atomic mass is 32.1. The van der Waals surface area contributed by atoms with Gasteiger partial charge in [-0.05, 0) is 43.8 Å². The van der Waals surface area contributed by atoms with Crippen molar-refractivity contribution in [3.05, 3.63) is 29.8 Å². The van der Waals surface area contributed by atoms with Gasteiger partial charge in [0, 0.05) is 6.04 Å². The number of phenols is 1. The minimum atomic E-state index is 0.215. The van der Waals surface area contributed by atoms with Crippen molar-refractivity contribution in [1.29, 1.82) is 0 Å². The van der Waals surface area contributed by atoms with Gasteiger partial charge < -0.3 is 10.4 Å². The van der Waals surface area contributed by atoms with Gasteiger partial charge in [-0.15, -0.1) is 0 Å². The largest absolute Gasteiger partial charge is 0.508 e. The number of hydrazone groups is 1. The molecule has 1 rings (SSSR count). The Morgan fingerprint density at radius 3 is 2.88 bits per heavy atom. The van der Waals surface area contributed by atoms with Crippen molar-refractivity contribution in [2.75, 3.05) is 0 Å². The fourth-order valence-corrected chi connectivity index (χ4v) is 1.35. The molecular weight excluding hydrogens is 222 g/mol. The molecule has 0 spiro atoms. The van der Waals surface area contributed by atoms with E-state index in [1.165, 1.54) is 0 Å². The zero-order valence-corrected chi connectivity index (χ0v) is 10.1. The second kappa shape index (κ2) is 6.07. The quantitative estimate of drug-likeness (QED) is 0.424. The van der Waals surface area contributed by atoms with Crippen LogP contribution in [0.4, 0.5) is 0 Å². The molecule has 5 heteroatoms. The average molecular weight is 237 g/mol. The topological polar surface area (TPSA) is 56.7 Å². The molecule has 0 saturated carbocycles. The summed E-state index contributed by atoms with van der Waals surface area (Å²) in [4.78, 5) is 0. The van der Waals surface area contributed by atoms with Crippen LogP contribution < -0.4 is 10.7 Å². The SMILES string of the molecule is CC(C)NC(=S)N/N=C\c1cccc(O)c1. The summed E-state index contributed by atoms with van der Waals surface area (Å²) in [6.45, 7) is 3.99. The molecule has 0 aliphatic heterocycles. The molecule has 0 unspecified atom stereocenters. The number of nitrogens with zero attached hydrogens (tertiary/aromatic N) is 1. The van der Waals surface area contributed by atoms with Crippen molar-refractivity contribution in [3.63, 3.8) is 0 Å². The molecule has 0 aliphatic carbocycles.